The van der Waals surface area contributed by atoms with Crippen molar-refractivity contribution in [1.29, 1.82) is 0 Å². The van der Waals surface area contributed by atoms with Gasteiger partial charge in [-0.1, -0.05) is 34.8 Å². The van der Waals surface area contributed by atoms with E-state index in [9.17, 15) is 16.8 Å². The molecule has 0 aliphatic heterocycles. The van der Waals surface area contributed by atoms with Gasteiger partial charge in [-0.05, 0) is 76.1 Å². The van der Waals surface area contributed by atoms with Crippen molar-refractivity contribution < 1.29 is 16.8 Å². The quantitative estimate of drug-likeness (QED) is 0.388. The van der Waals surface area contributed by atoms with Gasteiger partial charge in [0.2, 0.25) is 10.0 Å². The van der Waals surface area contributed by atoms with Crippen LogP contribution in [-0.2, 0) is 20.0 Å². The maximum Gasteiger partial charge on any atom is 0.264 e. The number of hydrogen-bond acceptors (Lipinski definition) is 4. The third-order valence-corrected chi connectivity index (χ3v) is 9.96. The van der Waals surface area contributed by atoms with E-state index >= 15 is 0 Å². The van der Waals surface area contributed by atoms with E-state index in [1.165, 1.54) is 52.1 Å². The molecule has 0 N–H and O–H groups in total. The van der Waals surface area contributed by atoms with E-state index in [0.29, 0.717) is 16.5 Å². The number of nitrogens with zero attached hydrogens (tertiary/aromatic N) is 2. The molecule has 0 aromatic heterocycles. The van der Waals surface area contributed by atoms with Crippen molar-refractivity contribution in [3.63, 3.8) is 0 Å². The molecule has 0 amide bonds. The summed E-state index contributed by atoms with van der Waals surface area (Å²) in [5.41, 5.74) is 0.226. The van der Waals surface area contributed by atoms with Crippen LogP contribution in [0.15, 0.2) is 47.4 Å². The van der Waals surface area contributed by atoms with Gasteiger partial charge in [-0.15, -0.1) is 0 Å². The Bertz CT molecular complexity index is 1140. The van der Waals surface area contributed by atoms with Gasteiger partial charge in [0.05, 0.1) is 21.4 Å². The predicted molar refractivity (Wildman–Crippen MR) is 133 cm³/mol. The van der Waals surface area contributed by atoms with Gasteiger partial charge in [0.15, 0.2) is 0 Å². The second-order valence-electron chi connectivity index (χ2n) is 7.77. The van der Waals surface area contributed by atoms with Gasteiger partial charge in [0.1, 0.15) is 0 Å². The minimum Gasteiger partial charge on any atom is -0.262 e. The SMILES string of the molecule is CC(C)N(C)S(=O)(=O)CCC[C@@H](C)N(c1cc(Cl)ccc1Cl)S(=O)(=O)c1ccc(Cl)cc1. The molecule has 32 heavy (non-hydrogen) atoms. The van der Waals surface area contributed by atoms with Crippen molar-refractivity contribution in [3.05, 3.63) is 57.5 Å². The lowest BCUT2D eigenvalue weighted by Crippen LogP contribution is -2.40. The van der Waals surface area contributed by atoms with Crippen LogP contribution in [0.2, 0.25) is 15.1 Å². The molecule has 0 aliphatic rings. The van der Waals surface area contributed by atoms with E-state index in [-0.39, 0.29) is 33.8 Å². The largest absolute Gasteiger partial charge is 0.264 e. The van der Waals surface area contributed by atoms with Gasteiger partial charge in [-0.3, -0.25) is 4.31 Å². The summed E-state index contributed by atoms with van der Waals surface area (Å²) in [4.78, 5) is 0.0388. The van der Waals surface area contributed by atoms with E-state index in [0.717, 1.165) is 0 Å². The van der Waals surface area contributed by atoms with Crippen LogP contribution in [-0.4, -0.2) is 46.0 Å². The molecule has 6 nitrogen and oxygen atoms in total. The van der Waals surface area contributed by atoms with Crippen LogP contribution in [0.5, 0.6) is 0 Å². The van der Waals surface area contributed by atoms with Crippen molar-refractivity contribution >= 4 is 60.5 Å². The Labute approximate surface area is 206 Å². The summed E-state index contributed by atoms with van der Waals surface area (Å²) >= 11 is 18.4. The molecule has 0 fully saturated rings. The molecule has 178 valence electrons. The first-order chi connectivity index (χ1) is 14.8. The second-order valence-corrected chi connectivity index (χ2v) is 13.0. The maximum absolute atomic E-state index is 13.6. The van der Waals surface area contributed by atoms with E-state index < -0.39 is 26.1 Å². The van der Waals surface area contributed by atoms with Crippen molar-refractivity contribution in [1.82, 2.24) is 4.31 Å². The Morgan fingerprint density at radius 3 is 2.00 bits per heavy atom. The van der Waals surface area contributed by atoms with Crippen LogP contribution in [0.4, 0.5) is 5.69 Å². The van der Waals surface area contributed by atoms with Crippen LogP contribution in [0.25, 0.3) is 0 Å². The standard InChI is InChI=1S/C21H27Cl3N2O4S2/c1-15(2)25(4)31(27,28)13-5-6-16(3)26(21-14-18(23)9-12-20(21)24)32(29,30)19-10-7-17(22)8-11-19/h7-12,14-16H,5-6,13H2,1-4H3/t16-/m1/s1. The Morgan fingerprint density at radius 1 is 0.875 bits per heavy atom. The van der Waals surface area contributed by atoms with Crippen molar-refractivity contribution in [2.45, 2.75) is 50.6 Å². The molecule has 0 radical (unpaired) electrons. The summed E-state index contributed by atoms with van der Waals surface area (Å²) in [6.07, 6.45) is 0.562. The summed E-state index contributed by atoms with van der Waals surface area (Å²) in [7, 11) is -5.95. The van der Waals surface area contributed by atoms with E-state index in [1.54, 1.807) is 26.8 Å². The van der Waals surface area contributed by atoms with Crippen molar-refractivity contribution in [3.8, 4) is 0 Å². The van der Waals surface area contributed by atoms with Crippen LogP contribution in [0.3, 0.4) is 0 Å². The highest BCUT2D eigenvalue weighted by Crippen LogP contribution is 2.35. The first-order valence-electron chi connectivity index (χ1n) is 9.98. The molecule has 0 saturated carbocycles. The third-order valence-electron chi connectivity index (χ3n) is 5.11. The van der Waals surface area contributed by atoms with Crippen LogP contribution < -0.4 is 4.31 Å². The van der Waals surface area contributed by atoms with Gasteiger partial charge in [-0.25, -0.2) is 21.1 Å². The predicted octanol–water partition coefficient (Wildman–Crippen LogP) is 5.68. The first-order valence-corrected chi connectivity index (χ1v) is 14.2. The van der Waals surface area contributed by atoms with E-state index in [2.05, 4.69) is 0 Å². The average molecular weight is 542 g/mol. The summed E-state index contributed by atoms with van der Waals surface area (Å²) in [6, 6.07) is 9.64. The molecule has 0 bridgehead atoms. The monoisotopic (exact) mass is 540 g/mol. The number of sulfonamides is 2. The molecule has 11 heteroatoms. The molecular formula is C21H27Cl3N2O4S2. The first kappa shape index (κ1) is 27.2. The van der Waals surface area contributed by atoms with Gasteiger partial charge < -0.3 is 0 Å². The Balaban J connectivity index is 2.39. The summed E-state index contributed by atoms with van der Waals surface area (Å²) in [6.45, 7) is 5.30. The minimum atomic E-state index is -4.03. The van der Waals surface area contributed by atoms with E-state index in [4.69, 9.17) is 34.8 Å². The number of halogens is 3. The molecule has 2 aromatic carbocycles. The fourth-order valence-corrected chi connectivity index (χ4v) is 6.83. The van der Waals surface area contributed by atoms with Gasteiger partial charge in [-0.2, -0.15) is 0 Å². The summed E-state index contributed by atoms with van der Waals surface area (Å²) in [5.74, 6) is -0.0931. The van der Waals surface area contributed by atoms with Gasteiger partial charge >= 0.3 is 0 Å². The number of hydrogen-bond donors (Lipinski definition) is 0. The highest BCUT2D eigenvalue weighted by atomic mass is 35.5. The molecule has 2 aromatic rings. The highest BCUT2D eigenvalue weighted by molar-refractivity contribution is 7.93. The zero-order chi connectivity index (χ0) is 24.3. The molecule has 0 unspecified atom stereocenters. The molecule has 0 saturated heterocycles. The van der Waals surface area contributed by atoms with Crippen LogP contribution >= 0.6 is 34.8 Å². The number of rotatable bonds is 10. The van der Waals surface area contributed by atoms with Crippen molar-refractivity contribution in [2.24, 2.45) is 0 Å². The smallest absolute Gasteiger partial charge is 0.262 e. The lowest BCUT2D eigenvalue weighted by molar-refractivity contribution is 0.409. The number of benzene rings is 2. The molecule has 0 spiro atoms. The zero-order valence-electron chi connectivity index (χ0n) is 18.3. The Kier molecular flexibility index (Phi) is 9.30. The Morgan fingerprint density at radius 2 is 1.44 bits per heavy atom. The minimum absolute atomic E-state index is 0.0388. The zero-order valence-corrected chi connectivity index (χ0v) is 22.2. The van der Waals surface area contributed by atoms with Crippen LogP contribution in [0.1, 0.15) is 33.6 Å². The number of anilines is 1. The van der Waals surface area contributed by atoms with E-state index in [1.807, 2.05) is 0 Å². The lowest BCUT2D eigenvalue weighted by atomic mass is 10.2. The lowest BCUT2D eigenvalue weighted by Gasteiger charge is -2.31. The molecular weight excluding hydrogens is 515 g/mol. The fourth-order valence-electron chi connectivity index (χ4n) is 3.12. The van der Waals surface area contributed by atoms with Crippen molar-refractivity contribution in [2.75, 3.05) is 17.1 Å². The summed E-state index contributed by atoms with van der Waals surface area (Å²) < 4.78 is 54.6. The Hall–Kier alpha value is -1.03. The van der Waals surface area contributed by atoms with Crippen LogP contribution in [0, 0.1) is 0 Å². The average Bonchev–Trinajstić information content (AvgIpc) is 2.70. The summed E-state index contributed by atoms with van der Waals surface area (Å²) in [5, 5.41) is 0.948. The topological polar surface area (TPSA) is 74.8 Å². The molecule has 1 atom stereocenters. The highest BCUT2D eigenvalue weighted by Gasteiger charge is 2.31. The second kappa shape index (κ2) is 10.9. The maximum atomic E-state index is 13.6. The molecule has 0 aliphatic carbocycles. The molecule has 0 heterocycles. The normalized spacial score (nSPS) is 13.5. The third kappa shape index (κ3) is 6.52. The van der Waals surface area contributed by atoms with Gasteiger partial charge in [0, 0.05) is 29.2 Å². The fraction of sp³-hybridized carbons (Fsp3) is 0.429. The molecule has 2 rings (SSSR count). The van der Waals surface area contributed by atoms with Gasteiger partial charge in [0.25, 0.3) is 10.0 Å².